The minimum atomic E-state index is -0.385. The van der Waals surface area contributed by atoms with E-state index in [0.717, 1.165) is 0 Å². The van der Waals surface area contributed by atoms with E-state index in [9.17, 15) is 14.4 Å². The summed E-state index contributed by atoms with van der Waals surface area (Å²) in [6.07, 6.45) is 1.24. The van der Waals surface area contributed by atoms with Crippen LogP contribution < -0.4 is 5.56 Å². The number of aromatic nitrogens is 2. The van der Waals surface area contributed by atoms with Gasteiger partial charge in [0.25, 0.3) is 5.56 Å². The van der Waals surface area contributed by atoms with Crippen LogP contribution >= 0.6 is 11.5 Å². The molecule has 0 saturated carbocycles. The number of ether oxygens (including phenoxy) is 1. The Kier molecular flexibility index (Phi) is 4.28. The van der Waals surface area contributed by atoms with Crippen molar-refractivity contribution < 1.29 is 14.3 Å². The zero-order chi connectivity index (χ0) is 16.4. The van der Waals surface area contributed by atoms with Crippen molar-refractivity contribution in [1.82, 2.24) is 18.7 Å². The molecule has 0 N–H and O–H groups in total. The van der Waals surface area contributed by atoms with Crippen molar-refractivity contribution in [3.63, 3.8) is 0 Å². The first-order chi connectivity index (χ1) is 11.1. The highest BCUT2D eigenvalue weighted by Crippen LogP contribution is 2.13. The fraction of sp³-hybridized carbons (Fsp3) is 0.429. The first-order valence-corrected chi connectivity index (χ1v) is 7.93. The van der Waals surface area contributed by atoms with Crippen LogP contribution in [0.25, 0.3) is 10.2 Å². The monoisotopic (exact) mass is 336 g/mol. The molecular formula is C14H16N4O4S. The number of methoxy groups -OCH3 is 1. The number of hydrogen-bond donors (Lipinski definition) is 0. The summed E-state index contributed by atoms with van der Waals surface area (Å²) in [5.74, 6) is -0.136. The third-order valence-corrected chi connectivity index (χ3v) is 4.78. The fourth-order valence-electron chi connectivity index (χ4n) is 2.50. The summed E-state index contributed by atoms with van der Waals surface area (Å²) in [7, 11) is 1.34. The van der Waals surface area contributed by atoms with Gasteiger partial charge in [-0.05, 0) is 23.7 Å². The Bertz CT molecular complexity index is 791. The van der Waals surface area contributed by atoms with Gasteiger partial charge in [-0.2, -0.15) is 0 Å². The SMILES string of the molecule is COC(=O)N1CCN(C(=O)Cn2sc3ncccc3c2=O)CC1. The largest absolute Gasteiger partial charge is 0.453 e. The van der Waals surface area contributed by atoms with Gasteiger partial charge < -0.3 is 14.5 Å². The molecule has 1 aliphatic heterocycles. The number of pyridine rings is 1. The third-order valence-electron chi connectivity index (χ3n) is 3.77. The Hall–Kier alpha value is -2.42. The van der Waals surface area contributed by atoms with Gasteiger partial charge in [0.05, 0.1) is 12.5 Å². The molecule has 1 saturated heterocycles. The van der Waals surface area contributed by atoms with Crippen LogP contribution in [0.5, 0.6) is 0 Å². The van der Waals surface area contributed by atoms with Crippen molar-refractivity contribution in [2.24, 2.45) is 0 Å². The summed E-state index contributed by atoms with van der Waals surface area (Å²) in [6.45, 7) is 1.73. The number of rotatable bonds is 2. The molecule has 9 heteroatoms. The zero-order valence-corrected chi connectivity index (χ0v) is 13.4. The highest BCUT2D eigenvalue weighted by Gasteiger charge is 2.25. The highest BCUT2D eigenvalue weighted by atomic mass is 32.1. The number of amides is 2. The van der Waals surface area contributed by atoms with Crippen LogP contribution in [0.15, 0.2) is 23.1 Å². The fourth-order valence-corrected chi connectivity index (χ4v) is 3.43. The summed E-state index contributed by atoms with van der Waals surface area (Å²) < 4.78 is 6.09. The zero-order valence-electron chi connectivity index (χ0n) is 12.6. The standard InChI is InChI=1S/C14H16N4O4S/c1-22-14(21)17-7-5-16(6-8-17)11(19)9-18-13(20)10-3-2-4-15-12(10)23-18/h2-4H,5-9H2,1H3. The van der Waals surface area contributed by atoms with E-state index in [-0.39, 0.29) is 24.1 Å². The second kappa shape index (κ2) is 6.37. The average Bonchev–Trinajstić information content (AvgIpc) is 2.90. The molecule has 3 rings (SSSR count). The molecule has 0 bridgehead atoms. The second-order valence-electron chi connectivity index (χ2n) is 5.13. The van der Waals surface area contributed by atoms with E-state index >= 15 is 0 Å². The number of hydrogen-bond acceptors (Lipinski definition) is 6. The van der Waals surface area contributed by atoms with Crippen LogP contribution in [0.1, 0.15) is 0 Å². The molecule has 2 aromatic rings. The maximum atomic E-state index is 12.4. The van der Waals surface area contributed by atoms with E-state index in [1.807, 2.05) is 0 Å². The molecule has 0 aliphatic carbocycles. The minimum absolute atomic E-state index is 0.00190. The molecule has 122 valence electrons. The number of nitrogens with zero attached hydrogens (tertiary/aromatic N) is 4. The van der Waals surface area contributed by atoms with E-state index in [2.05, 4.69) is 9.72 Å². The normalized spacial score (nSPS) is 15.0. The van der Waals surface area contributed by atoms with Crippen LogP contribution in [0.3, 0.4) is 0 Å². The Morgan fingerprint density at radius 1 is 1.26 bits per heavy atom. The van der Waals surface area contributed by atoms with Gasteiger partial charge in [0.15, 0.2) is 0 Å². The topological polar surface area (TPSA) is 84.7 Å². The number of fused-ring (bicyclic) bond motifs is 1. The van der Waals surface area contributed by atoms with Crippen LogP contribution in [-0.4, -0.2) is 64.0 Å². The molecule has 2 amide bonds. The number of piperazine rings is 1. The van der Waals surface area contributed by atoms with Gasteiger partial charge in [-0.15, -0.1) is 0 Å². The summed E-state index contributed by atoms with van der Waals surface area (Å²) in [4.78, 5) is 44.0. The maximum absolute atomic E-state index is 12.4. The molecule has 1 fully saturated rings. The summed E-state index contributed by atoms with van der Waals surface area (Å²) >= 11 is 1.19. The van der Waals surface area contributed by atoms with Crippen LogP contribution in [0, 0.1) is 0 Å². The molecule has 2 aromatic heterocycles. The van der Waals surface area contributed by atoms with E-state index < -0.39 is 0 Å². The lowest BCUT2D eigenvalue weighted by atomic mass is 10.3. The van der Waals surface area contributed by atoms with Crippen molar-refractivity contribution in [3.05, 3.63) is 28.7 Å². The molecule has 23 heavy (non-hydrogen) atoms. The van der Waals surface area contributed by atoms with E-state index in [0.29, 0.717) is 36.4 Å². The number of carbonyl (C=O) groups excluding carboxylic acids is 2. The van der Waals surface area contributed by atoms with Gasteiger partial charge >= 0.3 is 6.09 Å². The maximum Gasteiger partial charge on any atom is 0.409 e. The predicted molar refractivity (Wildman–Crippen MR) is 84.4 cm³/mol. The van der Waals surface area contributed by atoms with Gasteiger partial charge in [0, 0.05) is 32.4 Å². The smallest absolute Gasteiger partial charge is 0.409 e. The Morgan fingerprint density at radius 3 is 2.61 bits per heavy atom. The molecule has 0 unspecified atom stereocenters. The summed E-state index contributed by atoms with van der Waals surface area (Å²) in [6, 6.07) is 3.41. The molecule has 3 heterocycles. The third kappa shape index (κ3) is 3.04. The van der Waals surface area contributed by atoms with Gasteiger partial charge in [-0.25, -0.2) is 9.78 Å². The van der Waals surface area contributed by atoms with Crippen molar-refractivity contribution in [1.29, 1.82) is 0 Å². The quantitative estimate of drug-likeness (QED) is 0.791. The second-order valence-corrected chi connectivity index (χ2v) is 6.14. The van der Waals surface area contributed by atoms with Crippen LogP contribution in [0.4, 0.5) is 4.79 Å². The molecule has 8 nitrogen and oxygen atoms in total. The average molecular weight is 336 g/mol. The van der Waals surface area contributed by atoms with Gasteiger partial charge in [-0.3, -0.25) is 13.5 Å². The molecule has 0 atom stereocenters. The van der Waals surface area contributed by atoms with Gasteiger partial charge in [0.1, 0.15) is 11.4 Å². The highest BCUT2D eigenvalue weighted by molar-refractivity contribution is 7.13. The Balaban J connectivity index is 1.66. The van der Waals surface area contributed by atoms with Crippen LogP contribution in [0.2, 0.25) is 0 Å². The lowest BCUT2D eigenvalue weighted by Crippen LogP contribution is -2.51. The summed E-state index contributed by atoms with van der Waals surface area (Å²) in [5, 5.41) is 0.529. The Morgan fingerprint density at radius 2 is 1.96 bits per heavy atom. The van der Waals surface area contributed by atoms with Crippen LogP contribution in [-0.2, 0) is 16.1 Å². The van der Waals surface area contributed by atoms with Crippen molar-refractivity contribution in [3.8, 4) is 0 Å². The van der Waals surface area contributed by atoms with Gasteiger partial charge in [0.2, 0.25) is 5.91 Å². The van der Waals surface area contributed by atoms with E-state index in [1.165, 1.54) is 22.6 Å². The lowest BCUT2D eigenvalue weighted by molar-refractivity contribution is -0.133. The molecule has 0 radical (unpaired) electrons. The van der Waals surface area contributed by atoms with E-state index in [1.54, 1.807) is 28.1 Å². The molecule has 1 aliphatic rings. The lowest BCUT2D eigenvalue weighted by Gasteiger charge is -2.33. The molecule has 0 spiro atoms. The first-order valence-electron chi connectivity index (χ1n) is 7.15. The van der Waals surface area contributed by atoms with Crippen molar-refractivity contribution in [2.45, 2.75) is 6.54 Å². The first kappa shape index (κ1) is 15.5. The van der Waals surface area contributed by atoms with E-state index in [4.69, 9.17) is 0 Å². The van der Waals surface area contributed by atoms with Gasteiger partial charge in [-0.1, -0.05) is 0 Å². The summed E-state index contributed by atoms with van der Waals surface area (Å²) in [5.41, 5.74) is -0.195. The number of carbonyl (C=O) groups is 2. The molecular weight excluding hydrogens is 320 g/mol. The predicted octanol–water partition coefficient (Wildman–Crippen LogP) is 0.369. The molecule has 0 aromatic carbocycles. The van der Waals surface area contributed by atoms with Crippen molar-refractivity contribution >= 4 is 33.7 Å². The Labute approximate surface area is 136 Å². The van der Waals surface area contributed by atoms with Crippen molar-refractivity contribution in [2.75, 3.05) is 33.3 Å². The minimum Gasteiger partial charge on any atom is -0.453 e.